The second-order valence-corrected chi connectivity index (χ2v) is 7.66. The first-order chi connectivity index (χ1) is 12.2. The number of halogens is 1. The van der Waals surface area contributed by atoms with Gasteiger partial charge >= 0.3 is 0 Å². The molecule has 0 aromatic heterocycles. The Hall–Kier alpha value is -1.46. The highest BCUT2D eigenvalue weighted by Crippen LogP contribution is 2.39. The van der Waals surface area contributed by atoms with Gasteiger partial charge in [-0.05, 0) is 37.1 Å². The molecule has 1 amide bonds. The van der Waals surface area contributed by atoms with Gasteiger partial charge in [-0.2, -0.15) is 0 Å². The Kier molecular flexibility index (Phi) is 5.04. The summed E-state index contributed by atoms with van der Waals surface area (Å²) in [6.45, 7) is 4.02. The van der Waals surface area contributed by atoms with Crippen LogP contribution in [0.15, 0.2) is 12.1 Å². The number of carbonyl (C=O) groups is 1. The number of hydrogen-bond acceptors (Lipinski definition) is 4. The number of nitrogens with zero attached hydrogens (tertiary/aromatic N) is 1. The molecule has 3 aliphatic rings. The fourth-order valence-corrected chi connectivity index (χ4v) is 4.54. The molecule has 4 rings (SSSR count). The minimum atomic E-state index is 0.189. The number of nitrogens with one attached hydrogen (secondary N) is 1. The minimum absolute atomic E-state index is 0.189. The van der Waals surface area contributed by atoms with Crippen LogP contribution >= 0.6 is 11.6 Å². The molecule has 6 heteroatoms. The molecule has 0 radical (unpaired) electrons. The number of hydrogen-bond donors (Lipinski definition) is 1. The highest BCUT2D eigenvalue weighted by Gasteiger charge is 2.34. The molecule has 0 unspecified atom stereocenters. The Labute approximate surface area is 153 Å². The lowest BCUT2D eigenvalue weighted by Gasteiger charge is -2.39. The van der Waals surface area contributed by atoms with Crippen LogP contribution in [0.4, 0.5) is 0 Å². The molecule has 0 bridgehead atoms. The van der Waals surface area contributed by atoms with Gasteiger partial charge in [-0.3, -0.25) is 9.69 Å². The van der Waals surface area contributed by atoms with Gasteiger partial charge in [0.2, 0.25) is 5.91 Å². The molecule has 5 nitrogen and oxygen atoms in total. The average molecular weight is 365 g/mol. The van der Waals surface area contributed by atoms with E-state index in [9.17, 15) is 4.79 Å². The molecular weight excluding hydrogens is 340 g/mol. The van der Waals surface area contributed by atoms with Crippen LogP contribution in [0.3, 0.4) is 0 Å². The fourth-order valence-electron chi connectivity index (χ4n) is 4.26. The smallest absolute Gasteiger partial charge is 0.220 e. The molecule has 0 spiro atoms. The number of likely N-dealkylation sites (tertiary alicyclic amines) is 1. The molecule has 0 aliphatic carbocycles. The normalized spacial score (nSPS) is 27.0. The first-order valence-electron chi connectivity index (χ1n) is 9.29. The van der Waals surface area contributed by atoms with Crippen molar-refractivity contribution >= 4 is 17.5 Å². The molecule has 0 saturated carbocycles. The Morgan fingerprint density at radius 3 is 2.92 bits per heavy atom. The van der Waals surface area contributed by atoms with E-state index in [2.05, 4.69) is 16.3 Å². The van der Waals surface area contributed by atoms with Crippen molar-refractivity contribution in [3.63, 3.8) is 0 Å². The summed E-state index contributed by atoms with van der Waals surface area (Å²) in [6.07, 6.45) is 5.15. The largest absolute Gasteiger partial charge is 0.489 e. The van der Waals surface area contributed by atoms with Crippen LogP contribution in [0.2, 0.25) is 5.02 Å². The van der Waals surface area contributed by atoms with Crippen LogP contribution in [-0.2, 0) is 11.3 Å². The fraction of sp³-hybridized carbons (Fsp3) is 0.632. The van der Waals surface area contributed by atoms with E-state index in [4.69, 9.17) is 21.1 Å². The first kappa shape index (κ1) is 17.0. The monoisotopic (exact) mass is 364 g/mol. The maximum Gasteiger partial charge on any atom is 0.220 e. The van der Waals surface area contributed by atoms with Crippen molar-refractivity contribution in [3.05, 3.63) is 22.7 Å². The molecule has 2 atom stereocenters. The van der Waals surface area contributed by atoms with E-state index in [1.165, 1.54) is 12.8 Å². The summed E-state index contributed by atoms with van der Waals surface area (Å²) < 4.78 is 11.5. The number of carbonyl (C=O) groups excluding carboxylic acids is 1. The molecule has 1 N–H and O–H groups in total. The van der Waals surface area contributed by atoms with E-state index < -0.39 is 0 Å². The van der Waals surface area contributed by atoms with E-state index in [1.54, 1.807) is 0 Å². The van der Waals surface area contributed by atoms with Crippen molar-refractivity contribution in [2.24, 2.45) is 5.92 Å². The highest BCUT2D eigenvalue weighted by molar-refractivity contribution is 6.32. The summed E-state index contributed by atoms with van der Waals surface area (Å²) in [4.78, 5) is 14.1. The van der Waals surface area contributed by atoms with Gasteiger partial charge in [0.25, 0.3) is 0 Å². The highest BCUT2D eigenvalue weighted by atomic mass is 35.5. The molecule has 1 aromatic rings. The lowest BCUT2D eigenvalue weighted by molar-refractivity contribution is -0.119. The summed E-state index contributed by atoms with van der Waals surface area (Å²) in [5.74, 6) is 2.04. The summed E-state index contributed by atoms with van der Waals surface area (Å²) in [6, 6.07) is 4.53. The second kappa shape index (κ2) is 7.42. The number of piperidine rings is 1. The van der Waals surface area contributed by atoms with E-state index >= 15 is 0 Å². The molecule has 25 heavy (non-hydrogen) atoms. The van der Waals surface area contributed by atoms with Crippen molar-refractivity contribution in [1.82, 2.24) is 10.2 Å². The van der Waals surface area contributed by atoms with Crippen LogP contribution in [0, 0.1) is 5.92 Å². The second-order valence-electron chi connectivity index (χ2n) is 7.26. The number of ether oxygens (including phenoxy) is 2. The van der Waals surface area contributed by atoms with Gasteiger partial charge in [0.15, 0.2) is 11.5 Å². The zero-order chi connectivity index (χ0) is 17.2. The summed E-state index contributed by atoms with van der Waals surface area (Å²) in [5, 5.41) is 3.61. The molecule has 136 valence electrons. The van der Waals surface area contributed by atoms with Crippen molar-refractivity contribution in [2.75, 3.05) is 26.3 Å². The maximum absolute atomic E-state index is 11.6. The number of rotatable bonds is 3. The maximum atomic E-state index is 11.6. The first-order valence-corrected chi connectivity index (χ1v) is 9.67. The van der Waals surface area contributed by atoms with Crippen molar-refractivity contribution in [1.29, 1.82) is 0 Å². The van der Waals surface area contributed by atoms with E-state index in [0.717, 1.165) is 43.8 Å². The standard InChI is InChI=1S/C19H25ClN2O3/c20-15-8-13(9-17-19(15)25-7-3-6-24-17)12-22-5-2-1-4-16(22)14-10-18(23)21-11-14/h8-9,14,16H,1-7,10-12H2,(H,21,23)/t14-,16+/m0/s1. The average Bonchev–Trinajstić information content (AvgIpc) is 2.89. The lowest BCUT2D eigenvalue weighted by Crippen LogP contribution is -2.44. The minimum Gasteiger partial charge on any atom is -0.489 e. The SMILES string of the molecule is O=C1C[C@H]([C@H]2CCCCN2Cc2cc(Cl)c3c(c2)OCCCO3)CN1. The third-order valence-electron chi connectivity index (χ3n) is 5.47. The van der Waals surface area contributed by atoms with Crippen LogP contribution in [0.25, 0.3) is 0 Å². The van der Waals surface area contributed by atoms with Crippen LogP contribution in [-0.4, -0.2) is 43.2 Å². The zero-order valence-corrected chi connectivity index (χ0v) is 15.2. The van der Waals surface area contributed by atoms with Gasteiger partial charge in [-0.15, -0.1) is 0 Å². The predicted octanol–water partition coefficient (Wildman–Crippen LogP) is 2.99. The number of amides is 1. The van der Waals surface area contributed by atoms with E-state index in [1.807, 2.05) is 6.07 Å². The van der Waals surface area contributed by atoms with Gasteiger partial charge in [0, 0.05) is 37.9 Å². The Balaban J connectivity index is 1.52. The van der Waals surface area contributed by atoms with Crippen molar-refractivity contribution < 1.29 is 14.3 Å². The van der Waals surface area contributed by atoms with Gasteiger partial charge < -0.3 is 14.8 Å². The summed E-state index contributed by atoms with van der Waals surface area (Å²) in [5.41, 5.74) is 1.15. The van der Waals surface area contributed by atoms with Crippen LogP contribution < -0.4 is 14.8 Å². The van der Waals surface area contributed by atoms with Gasteiger partial charge in [0.1, 0.15) is 0 Å². The molecule has 2 fully saturated rings. The quantitative estimate of drug-likeness (QED) is 0.895. The molecule has 2 saturated heterocycles. The number of fused-ring (bicyclic) bond motifs is 1. The van der Waals surface area contributed by atoms with Crippen LogP contribution in [0.5, 0.6) is 11.5 Å². The number of benzene rings is 1. The third-order valence-corrected chi connectivity index (χ3v) is 5.75. The molecule has 1 aromatic carbocycles. The van der Waals surface area contributed by atoms with Gasteiger partial charge in [-0.25, -0.2) is 0 Å². The van der Waals surface area contributed by atoms with Crippen molar-refractivity contribution in [2.45, 2.75) is 44.7 Å². The van der Waals surface area contributed by atoms with Gasteiger partial charge in [-0.1, -0.05) is 18.0 Å². The van der Waals surface area contributed by atoms with E-state index in [0.29, 0.717) is 42.4 Å². The third kappa shape index (κ3) is 3.72. The van der Waals surface area contributed by atoms with Crippen molar-refractivity contribution in [3.8, 4) is 11.5 Å². The Morgan fingerprint density at radius 1 is 1.20 bits per heavy atom. The Bertz CT molecular complexity index is 652. The lowest BCUT2D eigenvalue weighted by atomic mass is 9.89. The Morgan fingerprint density at radius 2 is 2.08 bits per heavy atom. The molecule has 3 heterocycles. The van der Waals surface area contributed by atoms with Gasteiger partial charge in [0.05, 0.1) is 18.2 Å². The van der Waals surface area contributed by atoms with Crippen LogP contribution in [0.1, 0.15) is 37.7 Å². The predicted molar refractivity (Wildman–Crippen MR) is 96.2 cm³/mol. The zero-order valence-electron chi connectivity index (χ0n) is 14.4. The summed E-state index contributed by atoms with van der Waals surface area (Å²) in [7, 11) is 0. The summed E-state index contributed by atoms with van der Waals surface area (Å²) >= 11 is 6.44. The van der Waals surface area contributed by atoms with E-state index in [-0.39, 0.29) is 5.91 Å². The molecular formula is C19H25ClN2O3. The molecule has 3 aliphatic heterocycles. The topological polar surface area (TPSA) is 50.8 Å².